The fourth-order valence-electron chi connectivity index (χ4n) is 2.92. The SMILES string of the molecule is O=C1CC(c2nc(-c3ccc(Cl)cc3)no2)CN1c1cc(Cl)ccc1F. The number of carbonyl (C=O) groups excluding carboxylic acids is 1. The number of hydrogen-bond acceptors (Lipinski definition) is 4. The van der Waals surface area contributed by atoms with Gasteiger partial charge in [0.15, 0.2) is 0 Å². The number of carbonyl (C=O) groups is 1. The highest BCUT2D eigenvalue weighted by molar-refractivity contribution is 6.31. The summed E-state index contributed by atoms with van der Waals surface area (Å²) < 4.78 is 19.4. The lowest BCUT2D eigenvalue weighted by atomic mass is 10.1. The molecule has 1 aromatic heterocycles. The minimum absolute atomic E-state index is 0.155. The predicted octanol–water partition coefficient (Wildman–Crippen LogP) is 4.70. The van der Waals surface area contributed by atoms with Crippen LogP contribution in [0.15, 0.2) is 47.0 Å². The van der Waals surface area contributed by atoms with E-state index >= 15 is 0 Å². The molecule has 1 unspecified atom stereocenters. The van der Waals surface area contributed by atoms with E-state index in [1.54, 1.807) is 24.3 Å². The van der Waals surface area contributed by atoms with Gasteiger partial charge < -0.3 is 9.42 Å². The number of rotatable bonds is 3. The lowest BCUT2D eigenvalue weighted by molar-refractivity contribution is -0.117. The molecule has 1 aliphatic rings. The summed E-state index contributed by atoms with van der Waals surface area (Å²) in [6, 6.07) is 11.1. The van der Waals surface area contributed by atoms with Gasteiger partial charge in [-0.25, -0.2) is 4.39 Å². The summed E-state index contributed by atoms with van der Waals surface area (Å²) in [5, 5.41) is 4.93. The zero-order valence-corrected chi connectivity index (χ0v) is 14.8. The Morgan fingerprint density at radius 2 is 1.85 bits per heavy atom. The molecule has 0 saturated carbocycles. The third kappa shape index (κ3) is 3.18. The van der Waals surface area contributed by atoms with Crippen LogP contribution in [0.1, 0.15) is 18.2 Å². The Morgan fingerprint density at radius 1 is 1.12 bits per heavy atom. The number of benzene rings is 2. The molecule has 1 atom stereocenters. The van der Waals surface area contributed by atoms with E-state index in [1.807, 2.05) is 0 Å². The molecule has 0 N–H and O–H groups in total. The maximum Gasteiger partial charge on any atom is 0.232 e. The Bertz CT molecular complexity index is 975. The minimum Gasteiger partial charge on any atom is -0.339 e. The van der Waals surface area contributed by atoms with Gasteiger partial charge in [-0.05, 0) is 42.5 Å². The van der Waals surface area contributed by atoms with Crippen LogP contribution in [0.25, 0.3) is 11.4 Å². The first kappa shape index (κ1) is 17.0. The molecule has 5 nitrogen and oxygen atoms in total. The van der Waals surface area contributed by atoms with Crippen LogP contribution in [0.4, 0.5) is 10.1 Å². The topological polar surface area (TPSA) is 59.2 Å². The molecule has 0 spiro atoms. The largest absolute Gasteiger partial charge is 0.339 e. The summed E-state index contributed by atoms with van der Waals surface area (Å²) in [4.78, 5) is 18.1. The van der Waals surface area contributed by atoms with E-state index in [2.05, 4.69) is 10.1 Å². The first-order chi connectivity index (χ1) is 12.5. The van der Waals surface area contributed by atoms with Crippen LogP contribution >= 0.6 is 23.2 Å². The van der Waals surface area contributed by atoms with Crippen LogP contribution in [0, 0.1) is 5.82 Å². The molecular weight excluding hydrogens is 380 g/mol. The second-order valence-electron chi connectivity index (χ2n) is 5.96. The molecule has 0 bridgehead atoms. The third-order valence-corrected chi connectivity index (χ3v) is 4.70. The third-order valence-electron chi connectivity index (χ3n) is 4.22. The molecule has 1 amide bonds. The van der Waals surface area contributed by atoms with Gasteiger partial charge >= 0.3 is 0 Å². The van der Waals surface area contributed by atoms with Gasteiger partial charge in [0.25, 0.3) is 0 Å². The molecule has 2 heterocycles. The summed E-state index contributed by atoms with van der Waals surface area (Å²) in [5.74, 6) is -0.280. The zero-order chi connectivity index (χ0) is 18.3. The number of nitrogens with zero attached hydrogens (tertiary/aromatic N) is 3. The number of halogens is 3. The van der Waals surface area contributed by atoms with Crippen molar-refractivity contribution in [1.29, 1.82) is 0 Å². The standard InChI is InChI=1S/C18H12Cl2FN3O2/c19-12-3-1-10(2-4-12)17-22-18(26-23-17)11-7-16(25)24(9-11)15-8-13(20)5-6-14(15)21/h1-6,8,11H,7,9H2. The van der Waals surface area contributed by atoms with E-state index in [-0.39, 0.29) is 30.5 Å². The second-order valence-corrected chi connectivity index (χ2v) is 6.84. The fraction of sp³-hybridized carbons (Fsp3) is 0.167. The molecule has 1 fully saturated rings. The molecule has 0 radical (unpaired) electrons. The van der Waals surface area contributed by atoms with Gasteiger partial charge in [-0.2, -0.15) is 4.98 Å². The van der Waals surface area contributed by atoms with Gasteiger partial charge in [0.2, 0.25) is 17.6 Å². The summed E-state index contributed by atoms with van der Waals surface area (Å²) in [6.45, 7) is 0.248. The van der Waals surface area contributed by atoms with Crippen molar-refractivity contribution in [3.63, 3.8) is 0 Å². The fourth-order valence-corrected chi connectivity index (χ4v) is 3.21. The van der Waals surface area contributed by atoms with E-state index in [0.29, 0.717) is 21.8 Å². The van der Waals surface area contributed by atoms with Crippen molar-refractivity contribution in [1.82, 2.24) is 10.1 Å². The van der Waals surface area contributed by atoms with Crippen molar-refractivity contribution in [3.05, 3.63) is 64.2 Å². The number of anilines is 1. The van der Waals surface area contributed by atoms with Gasteiger partial charge in [-0.3, -0.25) is 4.79 Å². The van der Waals surface area contributed by atoms with Crippen LogP contribution in [0.3, 0.4) is 0 Å². The molecule has 1 aliphatic heterocycles. The Labute approximate surface area is 158 Å². The van der Waals surface area contributed by atoms with Gasteiger partial charge in [0.05, 0.1) is 11.6 Å². The lowest BCUT2D eigenvalue weighted by Gasteiger charge is -2.17. The van der Waals surface area contributed by atoms with E-state index in [1.165, 1.54) is 23.1 Å². The van der Waals surface area contributed by atoms with E-state index < -0.39 is 5.82 Å². The van der Waals surface area contributed by atoms with Gasteiger partial charge in [-0.15, -0.1) is 0 Å². The van der Waals surface area contributed by atoms with E-state index in [0.717, 1.165) is 5.56 Å². The lowest BCUT2D eigenvalue weighted by Crippen LogP contribution is -2.25. The summed E-state index contributed by atoms with van der Waals surface area (Å²) in [5.41, 5.74) is 0.911. The predicted molar refractivity (Wildman–Crippen MR) is 95.9 cm³/mol. The average molecular weight is 392 g/mol. The average Bonchev–Trinajstić information content (AvgIpc) is 3.25. The van der Waals surface area contributed by atoms with E-state index in [9.17, 15) is 9.18 Å². The van der Waals surface area contributed by atoms with Crippen LogP contribution < -0.4 is 4.90 Å². The highest BCUT2D eigenvalue weighted by Crippen LogP contribution is 2.34. The number of amides is 1. The molecular formula is C18H12Cl2FN3O2. The first-order valence-electron chi connectivity index (χ1n) is 7.86. The summed E-state index contributed by atoms with van der Waals surface area (Å²) in [7, 11) is 0. The van der Waals surface area contributed by atoms with Gasteiger partial charge in [-0.1, -0.05) is 28.4 Å². The number of aromatic nitrogens is 2. The molecule has 26 heavy (non-hydrogen) atoms. The van der Waals surface area contributed by atoms with Crippen molar-refractivity contribution in [2.75, 3.05) is 11.4 Å². The Morgan fingerprint density at radius 3 is 2.62 bits per heavy atom. The number of hydrogen-bond donors (Lipinski definition) is 0. The molecule has 4 rings (SSSR count). The maximum absolute atomic E-state index is 14.1. The van der Waals surface area contributed by atoms with Crippen LogP contribution in [-0.4, -0.2) is 22.6 Å². The summed E-state index contributed by atoms with van der Waals surface area (Å²) >= 11 is 11.8. The first-order valence-corrected chi connectivity index (χ1v) is 8.62. The highest BCUT2D eigenvalue weighted by Gasteiger charge is 2.36. The van der Waals surface area contributed by atoms with Crippen molar-refractivity contribution in [2.45, 2.75) is 12.3 Å². The Hall–Kier alpha value is -2.44. The molecule has 3 aromatic rings. The van der Waals surface area contributed by atoms with E-state index in [4.69, 9.17) is 27.7 Å². The van der Waals surface area contributed by atoms with Crippen LogP contribution in [-0.2, 0) is 4.79 Å². The van der Waals surface area contributed by atoms with Crippen molar-refractivity contribution in [2.24, 2.45) is 0 Å². The Balaban J connectivity index is 1.58. The molecule has 132 valence electrons. The monoisotopic (exact) mass is 391 g/mol. The highest BCUT2D eigenvalue weighted by atomic mass is 35.5. The van der Waals surface area contributed by atoms with Gasteiger partial charge in [0.1, 0.15) is 5.82 Å². The summed E-state index contributed by atoms with van der Waals surface area (Å²) in [6.07, 6.45) is 0.161. The molecule has 8 heteroatoms. The van der Waals surface area contributed by atoms with Crippen LogP contribution in [0.5, 0.6) is 0 Å². The minimum atomic E-state index is -0.504. The van der Waals surface area contributed by atoms with Gasteiger partial charge in [0, 0.05) is 28.6 Å². The Kier molecular flexibility index (Phi) is 4.38. The van der Waals surface area contributed by atoms with Crippen molar-refractivity contribution in [3.8, 4) is 11.4 Å². The van der Waals surface area contributed by atoms with Crippen LogP contribution in [0.2, 0.25) is 10.0 Å². The normalized spacial score (nSPS) is 17.1. The maximum atomic E-state index is 14.1. The van der Waals surface area contributed by atoms with Crippen molar-refractivity contribution >= 4 is 34.8 Å². The molecule has 0 aliphatic carbocycles. The zero-order valence-electron chi connectivity index (χ0n) is 13.3. The quantitative estimate of drug-likeness (QED) is 0.648. The second kappa shape index (κ2) is 6.70. The molecule has 2 aromatic carbocycles. The molecule has 1 saturated heterocycles. The van der Waals surface area contributed by atoms with Crippen molar-refractivity contribution < 1.29 is 13.7 Å². The smallest absolute Gasteiger partial charge is 0.232 e.